The molecule has 2 aromatic rings. The van der Waals surface area contributed by atoms with Crippen LogP contribution in [0.4, 0.5) is 0 Å². The van der Waals surface area contributed by atoms with Gasteiger partial charge >= 0.3 is 0 Å². The lowest BCUT2D eigenvalue weighted by Crippen LogP contribution is -2.32. The average molecular weight is 311 g/mol. The van der Waals surface area contributed by atoms with Crippen LogP contribution in [-0.4, -0.2) is 30.2 Å². The second kappa shape index (κ2) is 7.16. The molecule has 1 heterocycles. The summed E-state index contributed by atoms with van der Waals surface area (Å²) in [6.45, 7) is 4.98. The average Bonchev–Trinajstić information content (AvgIpc) is 2.59. The van der Waals surface area contributed by atoms with Gasteiger partial charge in [0, 0.05) is 25.2 Å². The Morgan fingerprint density at radius 2 is 1.96 bits per heavy atom. The van der Waals surface area contributed by atoms with Crippen molar-refractivity contribution >= 4 is 0 Å². The van der Waals surface area contributed by atoms with Crippen LogP contribution >= 0.6 is 0 Å². The van der Waals surface area contributed by atoms with Gasteiger partial charge in [0.25, 0.3) is 0 Å². The quantitative estimate of drug-likeness (QED) is 0.917. The van der Waals surface area contributed by atoms with Crippen LogP contribution < -0.4 is 4.74 Å². The molecule has 1 unspecified atom stereocenters. The maximum absolute atomic E-state index is 10.6. The number of hydrogen-bond acceptors (Lipinski definition) is 3. The second-order valence-electron chi connectivity index (χ2n) is 6.34. The zero-order valence-corrected chi connectivity index (χ0v) is 14.0. The number of benzene rings is 2. The number of nitrogens with zero attached hydrogens (tertiary/aromatic N) is 1. The van der Waals surface area contributed by atoms with Crippen molar-refractivity contribution in [3.05, 3.63) is 64.7 Å². The molecule has 3 heteroatoms. The molecule has 1 atom stereocenters. The van der Waals surface area contributed by atoms with Gasteiger partial charge in [0.15, 0.2) is 0 Å². The fraction of sp³-hybridized carbons (Fsp3) is 0.400. The van der Waals surface area contributed by atoms with E-state index in [1.54, 1.807) is 7.11 Å². The van der Waals surface area contributed by atoms with Crippen LogP contribution in [0.3, 0.4) is 0 Å². The van der Waals surface area contributed by atoms with E-state index >= 15 is 0 Å². The monoisotopic (exact) mass is 311 g/mol. The Kier molecular flexibility index (Phi) is 4.99. The van der Waals surface area contributed by atoms with Gasteiger partial charge < -0.3 is 9.84 Å². The number of aryl methyl sites for hydroxylation is 1. The van der Waals surface area contributed by atoms with Crippen LogP contribution in [0.5, 0.6) is 5.75 Å². The molecule has 1 aliphatic heterocycles. The molecule has 0 aromatic heterocycles. The van der Waals surface area contributed by atoms with Gasteiger partial charge in [-0.3, -0.25) is 4.90 Å². The molecule has 0 bridgehead atoms. The maximum atomic E-state index is 10.6. The minimum atomic E-state index is -0.484. The Hall–Kier alpha value is -1.84. The second-order valence-corrected chi connectivity index (χ2v) is 6.34. The number of rotatable bonds is 5. The number of hydrogen-bond donors (Lipinski definition) is 1. The first-order chi connectivity index (χ1) is 11.2. The third-order valence-corrected chi connectivity index (χ3v) is 4.67. The molecule has 0 amide bonds. The Balaban J connectivity index is 1.62. The molecule has 1 aliphatic rings. The van der Waals surface area contributed by atoms with Gasteiger partial charge in [-0.1, -0.05) is 35.9 Å². The van der Waals surface area contributed by atoms with E-state index in [9.17, 15) is 5.11 Å². The molecule has 0 aliphatic carbocycles. The van der Waals surface area contributed by atoms with Gasteiger partial charge in [-0.15, -0.1) is 0 Å². The Bertz CT molecular complexity index is 668. The van der Waals surface area contributed by atoms with Crippen molar-refractivity contribution in [3.8, 4) is 5.75 Å². The highest BCUT2D eigenvalue weighted by atomic mass is 16.5. The molecule has 2 aromatic carbocycles. The maximum Gasteiger partial charge on any atom is 0.124 e. The third-order valence-electron chi connectivity index (χ3n) is 4.67. The van der Waals surface area contributed by atoms with E-state index in [2.05, 4.69) is 29.2 Å². The van der Waals surface area contributed by atoms with Crippen LogP contribution in [0.15, 0.2) is 42.5 Å². The van der Waals surface area contributed by atoms with Gasteiger partial charge in [-0.05, 0) is 43.0 Å². The van der Waals surface area contributed by atoms with Crippen LogP contribution in [-0.2, 0) is 13.0 Å². The van der Waals surface area contributed by atoms with Gasteiger partial charge in [-0.2, -0.15) is 0 Å². The fourth-order valence-corrected chi connectivity index (χ4v) is 3.32. The van der Waals surface area contributed by atoms with Gasteiger partial charge in [-0.25, -0.2) is 0 Å². The van der Waals surface area contributed by atoms with Gasteiger partial charge in [0.1, 0.15) is 5.75 Å². The summed E-state index contributed by atoms with van der Waals surface area (Å²) in [6.07, 6.45) is 1.34. The van der Waals surface area contributed by atoms with Crippen molar-refractivity contribution in [1.82, 2.24) is 4.90 Å². The molecule has 23 heavy (non-hydrogen) atoms. The summed E-state index contributed by atoms with van der Waals surface area (Å²) >= 11 is 0. The summed E-state index contributed by atoms with van der Waals surface area (Å²) < 4.78 is 5.39. The van der Waals surface area contributed by atoms with Crippen molar-refractivity contribution < 1.29 is 9.84 Å². The molecule has 1 N–H and O–H groups in total. The minimum Gasteiger partial charge on any atom is -0.496 e. The SMILES string of the molecule is COc1ccc(C)cc1C(O)CCN1CCc2ccccc2C1. The number of ether oxygens (including phenoxy) is 1. The Morgan fingerprint density at radius 1 is 1.17 bits per heavy atom. The first-order valence-corrected chi connectivity index (χ1v) is 8.29. The molecule has 122 valence electrons. The van der Waals surface area contributed by atoms with Crippen molar-refractivity contribution in [2.24, 2.45) is 0 Å². The normalized spacial score (nSPS) is 16.0. The Morgan fingerprint density at radius 3 is 2.74 bits per heavy atom. The smallest absolute Gasteiger partial charge is 0.124 e. The lowest BCUT2D eigenvalue weighted by atomic mass is 9.98. The summed E-state index contributed by atoms with van der Waals surface area (Å²) in [6, 6.07) is 14.6. The first-order valence-electron chi connectivity index (χ1n) is 8.29. The largest absolute Gasteiger partial charge is 0.496 e. The van der Waals surface area contributed by atoms with Gasteiger partial charge in [0.2, 0.25) is 0 Å². The highest BCUT2D eigenvalue weighted by molar-refractivity contribution is 5.38. The number of methoxy groups -OCH3 is 1. The van der Waals surface area contributed by atoms with E-state index in [1.807, 2.05) is 25.1 Å². The lowest BCUT2D eigenvalue weighted by Gasteiger charge is -2.29. The van der Waals surface area contributed by atoms with Crippen molar-refractivity contribution in [2.45, 2.75) is 32.4 Å². The lowest BCUT2D eigenvalue weighted by molar-refractivity contribution is 0.134. The summed E-state index contributed by atoms with van der Waals surface area (Å²) in [5.41, 5.74) is 4.92. The van der Waals surface area contributed by atoms with Crippen molar-refractivity contribution in [2.75, 3.05) is 20.2 Å². The van der Waals surface area contributed by atoms with Crippen LogP contribution in [0, 0.1) is 6.92 Å². The summed E-state index contributed by atoms with van der Waals surface area (Å²) in [4.78, 5) is 2.42. The Labute approximate surface area is 138 Å². The highest BCUT2D eigenvalue weighted by Gasteiger charge is 2.18. The van der Waals surface area contributed by atoms with Crippen LogP contribution in [0.1, 0.15) is 34.8 Å². The van der Waals surface area contributed by atoms with Crippen molar-refractivity contribution in [1.29, 1.82) is 0 Å². The number of fused-ring (bicyclic) bond motifs is 1. The molecule has 0 saturated carbocycles. The molecule has 3 nitrogen and oxygen atoms in total. The first kappa shape index (κ1) is 16.0. The molecular formula is C20H25NO2. The van der Waals surface area contributed by atoms with Gasteiger partial charge in [0.05, 0.1) is 13.2 Å². The van der Waals surface area contributed by atoms with E-state index < -0.39 is 6.10 Å². The summed E-state index contributed by atoms with van der Waals surface area (Å²) in [5.74, 6) is 0.770. The standard InChI is InChI=1S/C20H25NO2/c1-15-7-8-20(23-2)18(13-15)19(22)10-12-21-11-9-16-5-3-4-6-17(16)14-21/h3-8,13,19,22H,9-12,14H2,1-2H3. The molecule has 0 saturated heterocycles. The highest BCUT2D eigenvalue weighted by Crippen LogP contribution is 2.29. The van der Waals surface area contributed by atoms with Crippen molar-refractivity contribution in [3.63, 3.8) is 0 Å². The molecular weight excluding hydrogens is 286 g/mol. The van der Waals surface area contributed by atoms with E-state index in [1.165, 1.54) is 11.1 Å². The van der Waals surface area contributed by atoms with E-state index in [0.29, 0.717) is 0 Å². The summed E-state index contributed by atoms with van der Waals surface area (Å²) in [7, 11) is 1.66. The molecule has 3 rings (SSSR count). The fourth-order valence-electron chi connectivity index (χ4n) is 3.32. The predicted octanol–water partition coefficient (Wildman–Crippen LogP) is 3.49. The van der Waals surface area contributed by atoms with E-state index in [-0.39, 0.29) is 0 Å². The predicted molar refractivity (Wildman–Crippen MR) is 92.7 cm³/mol. The topological polar surface area (TPSA) is 32.7 Å². The molecule has 0 radical (unpaired) electrons. The van der Waals surface area contributed by atoms with E-state index in [0.717, 1.165) is 49.4 Å². The third kappa shape index (κ3) is 3.74. The summed E-state index contributed by atoms with van der Waals surface area (Å²) in [5, 5.41) is 10.6. The van der Waals surface area contributed by atoms with Crippen LogP contribution in [0.25, 0.3) is 0 Å². The molecule has 0 spiro atoms. The number of aliphatic hydroxyl groups excluding tert-OH is 1. The number of aliphatic hydroxyl groups is 1. The zero-order chi connectivity index (χ0) is 16.2. The minimum absolute atomic E-state index is 0.484. The zero-order valence-electron chi connectivity index (χ0n) is 14.0. The van der Waals surface area contributed by atoms with Crippen LogP contribution in [0.2, 0.25) is 0 Å². The molecule has 0 fully saturated rings. The van der Waals surface area contributed by atoms with E-state index in [4.69, 9.17) is 4.74 Å².